The summed E-state index contributed by atoms with van der Waals surface area (Å²) in [5, 5.41) is 15.8. The van der Waals surface area contributed by atoms with Crippen molar-refractivity contribution >= 4 is 5.96 Å². The molecule has 2 fully saturated rings. The average molecular weight is 467 g/mol. The second-order valence-electron chi connectivity index (χ2n) is 8.62. The number of likely N-dealkylation sites (tertiary alicyclic amines) is 1. The molecule has 1 aromatic carbocycles. The molecule has 33 heavy (non-hydrogen) atoms. The molecule has 180 valence electrons. The van der Waals surface area contributed by atoms with Crippen molar-refractivity contribution in [3.63, 3.8) is 0 Å². The molecule has 4 rings (SSSR count). The second kappa shape index (κ2) is 9.88. The first-order chi connectivity index (χ1) is 15.9. The number of ether oxygens (including phenoxy) is 1. The first-order valence-electron chi connectivity index (χ1n) is 11.3. The Morgan fingerprint density at radius 2 is 2.00 bits per heavy atom. The van der Waals surface area contributed by atoms with Crippen LogP contribution in [0.15, 0.2) is 27.9 Å². The minimum absolute atomic E-state index is 0.0376. The number of aromatic nitrogens is 2. The molecule has 1 saturated carbocycles. The molecule has 1 aliphatic heterocycles. The number of benzene rings is 1. The number of hydrogen-bond acceptors (Lipinski definition) is 6. The van der Waals surface area contributed by atoms with Gasteiger partial charge in [0.25, 0.3) is 0 Å². The molecule has 1 aromatic heterocycles. The molecule has 1 aliphatic carbocycles. The third kappa shape index (κ3) is 5.33. The van der Waals surface area contributed by atoms with Crippen molar-refractivity contribution in [2.45, 2.75) is 63.6 Å². The Balaban J connectivity index is 1.50. The molecule has 11 heteroatoms. The van der Waals surface area contributed by atoms with Gasteiger partial charge >= 0.3 is 6.18 Å². The second-order valence-corrected chi connectivity index (χ2v) is 8.62. The lowest BCUT2D eigenvalue weighted by molar-refractivity contribution is -0.138. The molecule has 0 spiro atoms. The van der Waals surface area contributed by atoms with E-state index in [1.807, 2.05) is 0 Å². The molecule has 1 atom stereocenters. The van der Waals surface area contributed by atoms with Crippen molar-refractivity contribution in [2.24, 2.45) is 16.8 Å². The van der Waals surface area contributed by atoms with E-state index in [0.29, 0.717) is 18.9 Å². The monoisotopic (exact) mass is 467 g/mol. The zero-order chi connectivity index (χ0) is 23.4. The first-order valence-corrected chi connectivity index (χ1v) is 11.3. The summed E-state index contributed by atoms with van der Waals surface area (Å²) in [5.74, 6) is 0.488. The summed E-state index contributed by atoms with van der Waals surface area (Å²) in [5.41, 5.74) is 5.00. The molecule has 3 N–H and O–H groups in total. The van der Waals surface area contributed by atoms with Crippen molar-refractivity contribution in [1.29, 1.82) is 0 Å². The van der Waals surface area contributed by atoms with Crippen LogP contribution in [0.3, 0.4) is 0 Å². The fourth-order valence-corrected chi connectivity index (χ4v) is 4.67. The maximum Gasteiger partial charge on any atom is 0.419 e. The summed E-state index contributed by atoms with van der Waals surface area (Å²) in [6, 6.07) is 3.40. The normalized spacial score (nSPS) is 20.4. The Labute approximate surface area is 189 Å². The topological polar surface area (TPSA) is 110 Å². The molecule has 0 bridgehead atoms. The average Bonchev–Trinajstić information content (AvgIpc) is 3.48. The van der Waals surface area contributed by atoms with E-state index in [1.165, 1.54) is 31.4 Å². The van der Waals surface area contributed by atoms with E-state index in [4.69, 9.17) is 20.2 Å². The van der Waals surface area contributed by atoms with E-state index < -0.39 is 17.8 Å². The van der Waals surface area contributed by atoms with E-state index >= 15 is 0 Å². The zero-order valence-electron chi connectivity index (χ0n) is 18.2. The maximum atomic E-state index is 13.8. The highest BCUT2D eigenvalue weighted by Crippen LogP contribution is 2.39. The first kappa shape index (κ1) is 23.2. The molecule has 2 aliphatic rings. The van der Waals surface area contributed by atoms with Gasteiger partial charge in [0, 0.05) is 12.1 Å². The number of oxime groups is 1. The van der Waals surface area contributed by atoms with Crippen LogP contribution < -0.4 is 10.5 Å². The van der Waals surface area contributed by atoms with Gasteiger partial charge in [0.1, 0.15) is 11.8 Å². The molecular formula is C22H28F3N5O3. The van der Waals surface area contributed by atoms with Crippen LogP contribution in [-0.2, 0) is 6.18 Å². The molecule has 1 unspecified atom stereocenters. The smallest absolute Gasteiger partial charge is 0.419 e. The summed E-state index contributed by atoms with van der Waals surface area (Å²) in [6.45, 7) is 0.800. The van der Waals surface area contributed by atoms with E-state index in [2.05, 4.69) is 15.3 Å². The van der Waals surface area contributed by atoms with E-state index in [9.17, 15) is 13.2 Å². The fraction of sp³-hybridized carbons (Fsp3) is 0.591. The molecular weight excluding hydrogens is 439 g/mol. The van der Waals surface area contributed by atoms with Crippen LogP contribution in [0.1, 0.15) is 68.9 Å². The van der Waals surface area contributed by atoms with Gasteiger partial charge in [0.15, 0.2) is 0 Å². The zero-order valence-corrected chi connectivity index (χ0v) is 18.2. The predicted molar refractivity (Wildman–Crippen MR) is 114 cm³/mol. The van der Waals surface area contributed by atoms with Gasteiger partial charge in [-0.2, -0.15) is 18.2 Å². The number of nitrogens with two attached hydrogens (primary N) is 1. The highest BCUT2D eigenvalue weighted by molar-refractivity contribution is 5.78. The summed E-state index contributed by atoms with van der Waals surface area (Å²) in [6.07, 6.45) is 3.39. The summed E-state index contributed by atoms with van der Waals surface area (Å²) in [4.78, 5) is 5.90. The quantitative estimate of drug-likeness (QED) is 0.268. The van der Waals surface area contributed by atoms with Crippen LogP contribution >= 0.6 is 0 Å². The van der Waals surface area contributed by atoms with E-state index in [0.717, 1.165) is 31.7 Å². The predicted octanol–water partition coefficient (Wildman–Crippen LogP) is 4.95. The molecule has 8 nitrogen and oxygen atoms in total. The van der Waals surface area contributed by atoms with Crippen molar-refractivity contribution in [3.05, 3.63) is 29.7 Å². The van der Waals surface area contributed by atoms with E-state index in [-0.39, 0.29) is 35.6 Å². The third-order valence-electron chi connectivity index (χ3n) is 6.43. The Kier molecular flexibility index (Phi) is 6.94. The summed E-state index contributed by atoms with van der Waals surface area (Å²) < 4.78 is 52.1. The molecule has 0 amide bonds. The van der Waals surface area contributed by atoms with Crippen molar-refractivity contribution < 1.29 is 27.6 Å². The van der Waals surface area contributed by atoms with Gasteiger partial charge in [-0.3, -0.25) is 0 Å². The highest BCUT2D eigenvalue weighted by atomic mass is 19.4. The van der Waals surface area contributed by atoms with Crippen LogP contribution in [-0.4, -0.2) is 39.4 Å². The van der Waals surface area contributed by atoms with Gasteiger partial charge in [-0.1, -0.05) is 42.4 Å². The van der Waals surface area contributed by atoms with E-state index in [1.54, 1.807) is 4.90 Å². The highest BCUT2D eigenvalue weighted by Gasteiger charge is 2.36. The lowest BCUT2D eigenvalue weighted by Crippen LogP contribution is -2.36. The van der Waals surface area contributed by atoms with Gasteiger partial charge in [0.05, 0.1) is 12.2 Å². The Morgan fingerprint density at radius 3 is 2.73 bits per heavy atom. The SMILES string of the molecule is N/C(=N/O)N1CCCC1c1nc(-c2ccc(OCCC3CCCCC3)c(C(F)(F)F)c2)no1. The number of alkyl halides is 3. The fourth-order valence-electron chi connectivity index (χ4n) is 4.67. The van der Waals surface area contributed by atoms with Gasteiger partial charge in [0.2, 0.25) is 17.7 Å². The van der Waals surface area contributed by atoms with Gasteiger partial charge < -0.3 is 25.1 Å². The number of guanidine groups is 1. The molecule has 0 radical (unpaired) electrons. The van der Waals surface area contributed by atoms with Gasteiger partial charge in [-0.25, -0.2) is 0 Å². The lowest BCUT2D eigenvalue weighted by Gasteiger charge is -2.22. The number of nitrogens with zero attached hydrogens (tertiary/aromatic N) is 4. The lowest BCUT2D eigenvalue weighted by atomic mass is 9.87. The third-order valence-corrected chi connectivity index (χ3v) is 6.43. The standard InChI is InChI=1S/C22H28F3N5O3/c23-22(24,25)16-13-15(8-9-18(16)32-12-10-14-5-2-1-3-6-14)19-27-20(33-29-19)17-7-4-11-30(17)21(26)28-31/h8-9,13-14,17,31H,1-7,10-12H2,(H2,26,28). The van der Waals surface area contributed by atoms with Crippen LogP contribution in [0, 0.1) is 5.92 Å². The van der Waals surface area contributed by atoms with Crippen LogP contribution in [0.25, 0.3) is 11.4 Å². The molecule has 1 saturated heterocycles. The van der Waals surface area contributed by atoms with Crippen LogP contribution in [0.5, 0.6) is 5.75 Å². The number of hydrogen-bond donors (Lipinski definition) is 2. The maximum absolute atomic E-state index is 13.8. The molecule has 2 aromatic rings. The van der Waals surface area contributed by atoms with Gasteiger partial charge in [-0.05, 0) is 43.4 Å². The van der Waals surface area contributed by atoms with Crippen molar-refractivity contribution in [1.82, 2.24) is 15.0 Å². The summed E-state index contributed by atoms with van der Waals surface area (Å²) in [7, 11) is 0. The minimum Gasteiger partial charge on any atom is -0.493 e. The van der Waals surface area contributed by atoms with Crippen molar-refractivity contribution in [2.75, 3.05) is 13.2 Å². The van der Waals surface area contributed by atoms with Crippen LogP contribution in [0.2, 0.25) is 0 Å². The Hall–Kier alpha value is -2.98. The Bertz CT molecular complexity index is 972. The summed E-state index contributed by atoms with van der Waals surface area (Å²) >= 11 is 0. The molecule has 2 heterocycles. The number of rotatable bonds is 6. The minimum atomic E-state index is -4.59. The van der Waals surface area contributed by atoms with Gasteiger partial charge in [-0.15, -0.1) is 0 Å². The largest absolute Gasteiger partial charge is 0.493 e. The number of halogens is 3. The van der Waals surface area contributed by atoms with Crippen LogP contribution in [0.4, 0.5) is 13.2 Å². The Morgan fingerprint density at radius 1 is 1.21 bits per heavy atom. The van der Waals surface area contributed by atoms with Crippen molar-refractivity contribution in [3.8, 4) is 17.1 Å².